The summed E-state index contributed by atoms with van der Waals surface area (Å²) < 4.78 is 27.8. The fourth-order valence-corrected chi connectivity index (χ4v) is 2.16. The Morgan fingerprint density at radius 2 is 1.83 bits per heavy atom. The summed E-state index contributed by atoms with van der Waals surface area (Å²) in [5.74, 6) is -1.14. The predicted octanol–water partition coefficient (Wildman–Crippen LogP) is 3.33. The number of rotatable bonds is 4. The lowest BCUT2D eigenvalue weighted by Gasteiger charge is -2.07. The first kappa shape index (κ1) is 14.9. The molecule has 3 aromatic rings. The molecule has 1 amide bonds. The second kappa shape index (κ2) is 6.39. The average Bonchev–Trinajstić information content (AvgIpc) is 2.97. The molecule has 0 aliphatic carbocycles. The highest BCUT2D eigenvalue weighted by atomic mass is 19.1. The van der Waals surface area contributed by atoms with E-state index in [0.717, 1.165) is 6.20 Å². The Morgan fingerprint density at radius 1 is 1.09 bits per heavy atom. The molecule has 116 valence electrons. The standard InChI is InChI=1S/C17H13F2N3O/c18-13-10-20-22(11-13)15-7-5-14(6-8-15)21-17(23)9-12-3-1-2-4-16(12)19/h1-8,10-11H,9H2,(H,21,23). The Labute approximate surface area is 131 Å². The van der Waals surface area contributed by atoms with E-state index in [1.165, 1.54) is 16.9 Å². The third kappa shape index (κ3) is 3.60. The molecule has 6 heteroatoms. The smallest absolute Gasteiger partial charge is 0.228 e. The van der Waals surface area contributed by atoms with E-state index < -0.39 is 11.6 Å². The number of hydrogen-bond donors (Lipinski definition) is 1. The summed E-state index contributed by atoms with van der Waals surface area (Å²) in [6, 6.07) is 12.9. The minimum atomic E-state index is -0.424. The van der Waals surface area contributed by atoms with Crippen molar-refractivity contribution in [2.24, 2.45) is 0 Å². The zero-order chi connectivity index (χ0) is 16.2. The minimum Gasteiger partial charge on any atom is -0.326 e. The molecule has 0 saturated carbocycles. The van der Waals surface area contributed by atoms with Crippen molar-refractivity contribution in [2.45, 2.75) is 6.42 Å². The third-order valence-corrected chi connectivity index (χ3v) is 3.28. The molecule has 1 N–H and O–H groups in total. The zero-order valence-electron chi connectivity index (χ0n) is 12.0. The summed E-state index contributed by atoms with van der Waals surface area (Å²) in [4.78, 5) is 11.9. The first-order valence-electron chi connectivity index (χ1n) is 6.96. The molecule has 0 aliphatic heterocycles. The minimum absolute atomic E-state index is 0.0429. The zero-order valence-corrected chi connectivity index (χ0v) is 12.0. The fraction of sp³-hybridized carbons (Fsp3) is 0.0588. The Morgan fingerprint density at radius 3 is 2.48 bits per heavy atom. The van der Waals surface area contributed by atoms with Gasteiger partial charge in [-0.05, 0) is 35.9 Å². The van der Waals surface area contributed by atoms with Crippen LogP contribution in [0.15, 0.2) is 60.9 Å². The Hall–Kier alpha value is -3.02. The molecular weight excluding hydrogens is 300 g/mol. The first-order valence-corrected chi connectivity index (χ1v) is 6.96. The van der Waals surface area contributed by atoms with Crippen molar-refractivity contribution in [2.75, 3.05) is 5.32 Å². The molecule has 0 aliphatic rings. The molecule has 0 fully saturated rings. The number of amides is 1. The summed E-state index contributed by atoms with van der Waals surface area (Å²) >= 11 is 0. The van der Waals surface area contributed by atoms with Crippen molar-refractivity contribution in [3.63, 3.8) is 0 Å². The van der Waals surface area contributed by atoms with E-state index in [4.69, 9.17) is 0 Å². The lowest BCUT2D eigenvalue weighted by Crippen LogP contribution is -2.15. The molecule has 23 heavy (non-hydrogen) atoms. The lowest BCUT2D eigenvalue weighted by molar-refractivity contribution is -0.115. The summed E-state index contributed by atoms with van der Waals surface area (Å²) in [5.41, 5.74) is 1.58. The maximum Gasteiger partial charge on any atom is 0.228 e. The topological polar surface area (TPSA) is 46.9 Å². The highest BCUT2D eigenvalue weighted by Gasteiger charge is 2.08. The Balaban J connectivity index is 1.66. The average molecular weight is 313 g/mol. The van der Waals surface area contributed by atoms with Crippen LogP contribution in [-0.2, 0) is 11.2 Å². The fourth-order valence-electron chi connectivity index (χ4n) is 2.16. The van der Waals surface area contributed by atoms with Gasteiger partial charge >= 0.3 is 0 Å². The number of aromatic nitrogens is 2. The summed E-state index contributed by atoms with van der Waals surface area (Å²) in [6.45, 7) is 0. The molecule has 0 spiro atoms. The number of carbonyl (C=O) groups excluding carboxylic acids is 1. The monoisotopic (exact) mass is 313 g/mol. The normalized spacial score (nSPS) is 10.5. The van der Waals surface area contributed by atoms with Gasteiger partial charge in [0.2, 0.25) is 5.91 Å². The first-order chi connectivity index (χ1) is 11.1. The van der Waals surface area contributed by atoms with Crippen LogP contribution in [0.25, 0.3) is 5.69 Å². The van der Waals surface area contributed by atoms with E-state index in [1.807, 2.05) is 0 Å². The number of anilines is 1. The predicted molar refractivity (Wildman–Crippen MR) is 82.3 cm³/mol. The third-order valence-electron chi connectivity index (χ3n) is 3.28. The van der Waals surface area contributed by atoms with Gasteiger partial charge in [-0.15, -0.1) is 0 Å². The van der Waals surface area contributed by atoms with Gasteiger partial charge in [-0.2, -0.15) is 5.10 Å². The maximum atomic E-state index is 13.5. The second-order valence-corrected chi connectivity index (χ2v) is 4.97. The van der Waals surface area contributed by atoms with Gasteiger partial charge in [0.1, 0.15) is 5.82 Å². The number of hydrogen-bond acceptors (Lipinski definition) is 2. The molecule has 0 saturated heterocycles. The summed E-state index contributed by atoms with van der Waals surface area (Å²) in [5, 5.41) is 6.55. The van der Waals surface area contributed by atoms with Crippen molar-refractivity contribution >= 4 is 11.6 Å². The molecule has 0 radical (unpaired) electrons. The van der Waals surface area contributed by atoms with Gasteiger partial charge in [0.15, 0.2) is 5.82 Å². The van der Waals surface area contributed by atoms with E-state index in [2.05, 4.69) is 10.4 Å². The SMILES string of the molecule is O=C(Cc1ccccc1F)Nc1ccc(-n2cc(F)cn2)cc1. The lowest BCUT2D eigenvalue weighted by atomic mass is 10.1. The van der Waals surface area contributed by atoms with Crippen LogP contribution >= 0.6 is 0 Å². The number of benzene rings is 2. The van der Waals surface area contributed by atoms with Gasteiger partial charge in [0, 0.05) is 5.69 Å². The van der Waals surface area contributed by atoms with Crippen molar-refractivity contribution < 1.29 is 13.6 Å². The highest BCUT2D eigenvalue weighted by molar-refractivity contribution is 5.92. The molecule has 1 heterocycles. The van der Waals surface area contributed by atoms with Crippen molar-refractivity contribution in [1.29, 1.82) is 0 Å². The van der Waals surface area contributed by atoms with Crippen LogP contribution in [0.4, 0.5) is 14.5 Å². The van der Waals surface area contributed by atoms with Gasteiger partial charge in [0.25, 0.3) is 0 Å². The Bertz CT molecular complexity index is 828. The van der Waals surface area contributed by atoms with Crippen LogP contribution in [0.2, 0.25) is 0 Å². The number of nitrogens with zero attached hydrogens (tertiary/aromatic N) is 2. The molecule has 4 nitrogen and oxygen atoms in total. The van der Waals surface area contributed by atoms with Crippen LogP contribution in [0, 0.1) is 11.6 Å². The van der Waals surface area contributed by atoms with Crippen molar-refractivity contribution in [1.82, 2.24) is 9.78 Å². The van der Waals surface area contributed by atoms with Crippen molar-refractivity contribution in [3.05, 3.63) is 78.1 Å². The molecule has 0 atom stereocenters. The van der Waals surface area contributed by atoms with E-state index in [0.29, 0.717) is 16.9 Å². The van der Waals surface area contributed by atoms with Crippen LogP contribution in [-0.4, -0.2) is 15.7 Å². The number of nitrogens with one attached hydrogen (secondary N) is 1. The van der Waals surface area contributed by atoms with Gasteiger partial charge in [-0.3, -0.25) is 4.79 Å². The second-order valence-electron chi connectivity index (χ2n) is 4.97. The van der Waals surface area contributed by atoms with E-state index in [-0.39, 0.29) is 12.3 Å². The molecule has 3 rings (SSSR count). The van der Waals surface area contributed by atoms with Crippen LogP contribution in [0.1, 0.15) is 5.56 Å². The Kier molecular flexibility index (Phi) is 4.14. The molecule has 1 aromatic heterocycles. The summed E-state index contributed by atoms with van der Waals surface area (Å²) in [7, 11) is 0. The van der Waals surface area contributed by atoms with E-state index in [1.54, 1.807) is 42.5 Å². The molecular formula is C17H13F2N3O. The molecule has 0 unspecified atom stereocenters. The van der Waals surface area contributed by atoms with Crippen LogP contribution in [0.3, 0.4) is 0 Å². The molecule has 2 aromatic carbocycles. The number of halogens is 2. The highest BCUT2D eigenvalue weighted by Crippen LogP contribution is 2.14. The molecule has 0 bridgehead atoms. The van der Waals surface area contributed by atoms with Crippen molar-refractivity contribution in [3.8, 4) is 5.69 Å². The van der Waals surface area contributed by atoms with Gasteiger partial charge in [0.05, 0.1) is 24.5 Å². The van der Waals surface area contributed by atoms with Crippen LogP contribution < -0.4 is 5.32 Å². The maximum absolute atomic E-state index is 13.5. The summed E-state index contributed by atoms with van der Waals surface area (Å²) in [6.07, 6.45) is 2.33. The van der Waals surface area contributed by atoms with Gasteiger partial charge in [-0.1, -0.05) is 18.2 Å². The van der Waals surface area contributed by atoms with Gasteiger partial charge < -0.3 is 5.32 Å². The largest absolute Gasteiger partial charge is 0.326 e. The quantitative estimate of drug-likeness (QED) is 0.803. The van der Waals surface area contributed by atoms with Crippen LogP contribution in [0.5, 0.6) is 0 Å². The van der Waals surface area contributed by atoms with E-state index in [9.17, 15) is 13.6 Å². The van der Waals surface area contributed by atoms with E-state index >= 15 is 0 Å². The number of carbonyl (C=O) groups is 1. The van der Waals surface area contributed by atoms with Gasteiger partial charge in [-0.25, -0.2) is 13.5 Å².